The van der Waals surface area contributed by atoms with Gasteiger partial charge >= 0.3 is 0 Å². The van der Waals surface area contributed by atoms with Gasteiger partial charge in [-0.2, -0.15) is 0 Å². The van der Waals surface area contributed by atoms with Gasteiger partial charge in [0, 0.05) is 11.6 Å². The Kier molecular flexibility index (Phi) is 4.92. The summed E-state index contributed by atoms with van der Waals surface area (Å²) in [6, 6.07) is 9.26. The second-order valence-corrected chi connectivity index (χ2v) is 6.88. The lowest BCUT2D eigenvalue weighted by Gasteiger charge is -2.14. The SMILES string of the molecule is O=C([O-])CN1C(=O)/C(=C/c2ccc(-c3ccc(C(=O)[O-])cc3)o2)SC1=S. The Morgan fingerprint density at radius 1 is 1.15 bits per heavy atom. The maximum atomic E-state index is 12.2. The molecule has 26 heavy (non-hydrogen) atoms. The second-order valence-electron chi connectivity index (χ2n) is 5.21. The van der Waals surface area contributed by atoms with E-state index in [-0.39, 0.29) is 14.8 Å². The van der Waals surface area contributed by atoms with E-state index in [1.165, 1.54) is 18.2 Å². The molecule has 0 spiro atoms. The molecule has 0 atom stereocenters. The first-order valence-corrected chi connectivity index (χ1v) is 8.44. The van der Waals surface area contributed by atoms with Gasteiger partial charge in [-0.1, -0.05) is 48.2 Å². The van der Waals surface area contributed by atoms with Crippen molar-refractivity contribution in [3.63, 3.8) is 0 Å². The van der Waals surface area contributed by atoms with Crippen LogP contribution in [-0.4, -0.2) is 33.6 Å². The van der Waals surface area contributed by atoms with Crippen molar-refractivity contribution in [3.8, 4) is 11.3 Å². The van der Waals surface area contributed by atoms with Crippen molar-refractivity contribution in [1.82, 2.24) is 4.90 Å². The zero-order chi connectivity index (χ0) is 18.8. The highest BCUT2D eigenvalue weighted by atomic mass is 32.2. The molecule has 1 aromatic heterocycles. The third-order valence-corrected chi connectivity index (χ3v) is 4.84. The fourth-order valence-electron chi connectivity index (χ4n) is 2.25. The number of aliphatic carboxylic acids is 1. The van der Waals surface area contributed by atoms with Gasteiger partial charge in [0.05, 0.1) is 23.4 Å². The number of furan rings is 1. The topological polar surface area (TPSA) is 114 Å². The van der Waals surface area contributed by atoms with Crippen LogP contribution in [0.25, 0.3) is 17.4 Å². The lowest BCUT2D eigenvalue weighted by atomic mass is 10.1. The van der Waals surface area contributed by atoms with E-state index in [2.05, 4.69) is 0 Å². The van der Waals surface area contributed by atoms with Gasteiger partial charge in [0.1, 0.15) is 15.8 Å². The average molecular weight is 387 g/mol. The molecule has 0 aliphatic carbocycles. The zero-order valence-corrected chi connectivity index (χ0v) is 14.6. The summed E-state index contributed by atoms with van der Waals surface area (Å²) in [4.78, 5) is 34.8. The molecule has 1 aliphatic heterocycles. The molecule has 0 N–H and O–H groups in total. The molecule has 9 heteroatoms. The minimum Gasteiger partial charge on any atom is -0.548 e. The van der Waals surface area contributed by atoms with Gasteiger partial charge in [-0.15, -0.1) is 0 Å². The van der Waals surface area contributed by atoms with Crippen LogP contribution in [-0.2, 0) is 9.59 Å². The summed E-state index contributed by atoms with van der Waals surface area (Å²) in [5.74, 6) is -2.34. The maximum Gasteiger partial charge on any atom is 0.266 e. The number of thiocarbonyl (C=S) groups is 1. The molecule has 1 saturated heterocycles. The highest BCUT2D eigenvalue weighted by Crippen LogP contribution is 2.33. The molecule has 7 nitrogen and oxygen atoms in total. The molecule has 2 heterocycles. The molecule has 132 valence electrons. The highest BCUT2D eigenvalue weighted by Gasteiger charge is 2.32. The minimum absolute atomic E-state index is 0.0529. The summed E-state index contributed by atoms with van der Waals surface area (Å²) in [5.41, 5.74) is 0.705. The Hall–Kier alpha value is -2.91. The Morgan fingerprint density at radius 2 is 1.85 bits per heavy atom. The number of thioether (sulfide) groups is 1. The lowest BCUT2D eigenvalue weighted by molar-refractivity contribution is -0.305. The summed E-state index contributed by atoms with van der Waals surface area (Å²) in [6.07, 6.45) is 1.47. The number of aromatic carboxylic acids is 1. The van der Waals surface area contributed by atoms with Crippen molar-refractivity contribution in [3.05, 3.63) is 52.6 Å². The molecule has 1 fully saturated rings. The Labute approximate surface area is 156 Å². The van der Waals surface area contributed by atoms with E-state index >= 15 is 0 Å². The van der Waals surface area contributed by atoms with Crippen molar-refractivity contribution < 1.29 is 29.0 Å². The van der Waals surface area contributed by atoms with Crippen LogP contribution in [0.15, 0.2) is 45.7 Å². The van der Waals surface area contributed by atoms with Gasteiger partial charge in [0.2, 0.25) is 0 Å². The van der Waals surface area contributed by atoms with Gasteiger partial charge < -0.3 is 24.2 Å². The van der Waals surface area contributed by atoms with E-state index in [9.17, 15) is 24.6 Å². The highest BCUT2D eigenvalue weighted by molar-refractivity contribution is 8.26. The number of rotatable bonds is 5. The summed E-state index contributed by atoms with van der Waals surface area (Å²) < 4.78 is 5.77. The van der Waals surface area contributed by atoms with Crippen LogP contribution < -0.4 is 10.2 Å². The number of hydrogen-bond donors (Lipinski definition) is 0. The Bertz CT molecular complexity index is 944. The molecule has 3 rings (SSSR count). The molecule has 1 amide bonds. The largest absolute Gasteiger partial charge is 0.548 e. The summed E-state index contributed by atoms with van der Waals surface area (Å²) in [7, 11) is 0. The predicted molar refractivity (Wildman–Crippen MR) is 93.4 cm³/mol. The van der Waals surface area contributed by atoms with E-state index in [0.29, 0.717) is 17.1 Å². The maximum absolute atomic E-state index is 12.2. The van der Waals surface area contributed by atoms with E-state index in [1.54, 1.807) is 24.3 Å². The molecule has 1 aromatic carbocycles. The molecule has 0 saturated carbocycles. The van der Waals surface area contributed by atoms with E-state index in [0.717, 1.165) is 16.7 Å². The van der Waals surface area contributed by atoms with Gasteiger partial charge in [-0.05, 0) is 17.7 Å². The summed E-state index contributed by atoms with van der Waals surface area (Å²) in [5, 5.41) is 21.5. The molecule has 0 unspecified atom stereocenters. The number of carboxylic acid groups (broad SMARTS) is 2. The number of carbonyl (C=O) groups is 3. The van der Waals surface area contributed by atoms with Crippen LogP contribution in [0.5, 0.6) is 0 Å². The molecule has 2 aromatic rings. The number of carboxylic acids is 2. The van der Waals surface area contributed by atoms with Gasteiger partial charge in [0.15, 0.2) is 0 Å². The smallest absolute Gasteiger partial charge is 0.266 e. The summed E-state index contributed by atoms with van der Waals surface area (Å²) >= 11 is 5.97. The fourth-order valence-corrected chi connectivity index (χ4v) is 3.49. The number of carbonyl (C=O) groups excluding carboxylic acids is 3. The third kappa shape index (κ3) is 3.68. The van der Waals surface area contributed by atoms with Crippen LogP contribution in [0.2, 0.25) is 0 Å². The number of benzene rings is 1. The number of nitrogens with zero attached hydrogens (tertiary/aromatic N) is 1. The van der Waals surface area contributed by atoms with Gasteiger partial charge in [0.25, 0.3) is 5.91 Å². The van der Waals surface area contributed by atoms with Crippen molar-refractivity contribution in [2.75, 3.05) is 6.54 Å². The fraction of sp³-hybridized carbons (Fsp3) is 0.0588. The number of hydrogen-bond acceptors (Lipinski definition) is 8. The van der Waals surface area contributed by atoms with Crippen LogP contribution >= 0.6 is 24.0 Å². The first-order valence-electron chi connectivity index (χ1n) is 7.22. The van der Waals surface area contributed by atoms with Gasteiger partial charge in [-0.3, -0.25) is 9.69 Å². The van der Waals surface area contributed by atoms with Crippen LogP contribution in [0.3, 0.4) is 0 Å². The standard InChI is InChI=1S/C17H11NO6S2/c19-14(20)8-18-15(21)13(26-17(18)25)7-11-5-6-12(24-11)9-1-3-10(4-2-9)16(22)23/h1-7H,8H2,(H,19,20)(H,22,23)/p-2/b13-7-. The zero-order valence-electron chi connectivity index (χ0n) is 13.0. The first-order chi connectivity index (χ1) is 12.3. The summed E-state index contributed by atoms with van der Waals surface area (Å²) in [6.45, 7) is -0.601. The number of amides is 1. The van der Waals surface area contributed by atoms with E-state index < -0.39 is 24.4 Å². The Morgan fingerprint density at radius 3 is 2.46 bits per heavy atom. The second kappa shape index (κ2) is 7.14. The van der Waals surface area contributed by atoms with Crippen LogP contribution in [0, 0.1) is 0 Å². The normalized spacial score (nSPS) is 15.7. The van der Waals surface area contributed by atoms with Crippen molar-refractivity contribution in [2.24, 2.45) is 0 Å². The third-order valence-electron chi connectivity index (χ3n) is 3.47. The van der Waals surface area contributed by atoms with Gasteiger partial charge in [-0.25, -0.2) is 0 Å². The van der Waals surface area contributed by atoms with Crippen LogP contribution in [0.4, 0.5) is 0 Å². The molecule has 0 radical (unpaired) electrons. The van der Waals surface area contributed by atoms with Crippen molar-refractivity contribution in [2.45, 2.75) is 0 Å². The molecular weight excluding hydrogens is 378 g/mol. The molecule has 0 bridgehead atoms. The van der Waals surface area contributed by atoms with E-state index in [4.69, 9.17) is 16.6 Å². The molecule has 1 aliphatic rings. The quantitative estimate of drug-likeness (QED) is 0.530. The first kappa shape index (κ1) is 17.9. The van der Waals surface area contributed by atoms with Crippen molar-refractivity contribution >= 4 is 52.2 Å². The molecular formula is C17H9NO6S2-2. The Balaban J connectivity index is 1.81. The van der Waals surface area contributed by atoms with Crippen molar-refractivity contribution in [1.29, 1.82) is 0 Å². The van der Waals surface area contributed by atoms with E-state index in [1.807, 2.05) is 0 Å². The predicted octanol–water partition coefficient (Wildman–Crippen LogP) is 0.261. The monoisotopic (exact) mass is 387 g/mol. The average Bonchev–Trinajstić information content (AvgIpc) is 3.15. The van der Waals surface area contributed by atoms with Crippen LogP contribution in [0.1, 0.15) is 16.1 Å². The minimum atomic E-state index is -1.40. The lowest BCUT2D eigenvalue weighted by Crippen LogP contribution is -2.40.